The summed E-state index contributed by atoms with van der Waals surface area (Å²) in [7, 11) is 0. The van der Waals surface area contributed by atoms with Crippen LogP contribution in [-0.4, -0.2) is 32.2 Å². The van der Waals surface area contributed by atoms with Gasteiger partial charge in [-0.25, -0.2) is 14.6 Å². The number of benzene rings is 1. The molecule has 2 rings (SSSR count). The molecule has 0 unspecified atom stereocenters. The number of aromatic hydroxyl groups is 1. The van der Waals surface area contributed by atoms with Gasteiger partial charge in [0.2, 0.25) is 0 Å². The summed E-state index contributed by atoms with van der Waals surface area (Å²) in [5.41, 5.74) is 0.451. The standard InChI is InChI=1S/C12H12N4O4/c17-10-8(11(18)19)2-1-3-9(10)16-12(20)14-5-7-4-13-6-15-7/h1-4,6,17H,5H2,(H,13,15)(H,18,19)(H2,14,16,20). The number of hydrogen-bond donors (Lipinski definition) is 5. The van der Waals surface area contributed by atoms with Crippen LogP contribution in [0.5, 0.6) is 5.75 Å². The second-order valence-corrected chi connectivity index (χ2v) is 3.89. The molecule has 20 heavy (non-hydrogen) atoms. The van der Waals surface area contributed by atoms with Gasteiger partial charge >= 0.3 is 12.0 Å². The lowest BCUT2D eigenvalue weighted by Crippen LogP contribution is -2.28. The predicted octanol–water partition coefficient (Wildman–Crippen LogP) is 1.14. The van der Waals surface area contributed by atoms with Crippen molar-refractivity contribution in [3.63, 3.8) is 0 Å². The van der Waals surface area contributed by atoms with E-state index in [1.165, 1.54) is 24.5 Å². The van der Waals surface area contributed by atoms with Gasteiger partial charge in [0.15, 0.2) is 5.75 Å². The van der Waals surface area contributed by atoms with Gasteiger partial charge in [0.1, 0.15) is 5.56 Å². The molecule has 0 aliphatic heterocycles. The fourth-order valence-corrected chi connectivity index (χ4v) is 1.54. The van der Waals surface area contributed by atoms with E-state index in [2.05, 4.69) is 20.6 Å². The number of rotatable bonds is 4. The molecule has 1 heterocycles. The minimum Gasteiger partial charge on any atom is -0.505 e. The molecule has 1 aromatic carbocycles. The zero-order valence-corrected chi connectivity index (χ0v) is 10.3. The molecule has 0 saturated carbocycles. The minimum atomic E-state index is -1.27. The molecule has 0 fully saturated rings. The second-order valence-electron chi connectivity index (χ2n) is 3.89. The molecule has 2 aromatic rings. The van der Waals surface area contributed by atoms with Crippen molar-refractivity contribution in [3.8, 4) is 5.75 Å². The quantitative estimate of drug-likeness (QED) is 0.535. The first-order valence-corrected chi connectivity index (χ1v) is 5.65. The Morgan fingerprint density at radius 3 is 2.80 bits per heavy atom. The molecule has 2 amide bonds. The van der Waals surface area contributed by atoms with Gasteiger partial charge in [-0.2, -0.15) is 0 Å². The zero-order valence-electron chi connectivity index (χ0n) is 10.3. The maximum atomic E-state index is 11.6. The number of aromatic carboxylic acids is 1. The average Bonchev–Trinajstić information content (AvgIpc) is 2.91. The average molecular weight is 276 g/mol. The van der Waals surface area contributed by atoms with Crippen LogP contribution in [0.3, 0.4) is 0 Å². The van der Waals surface area contributed by atoms with Gasteiger partial charge in [0.05, 0.1) is 24.3 Å². The molecule has 0 bridgehead atoms. The molecule has 0 atom stereocenters. The highest BCUT2D eigenvalue weighted by molar-refractivity contribution is 5.97. The summed E-state index contributed by atoms with van der Waals surface area (Å²) in [5, 5.41) is 23.5. The van der Waals surface area contributed by atoms with Crippen LogP contribution in [0.1, 0.15) is 16.1 Å². The fraction of sp³-hybridized carbons (Fsp3) is 0.0833. The second kappa shape index (κ2) is 5.74. The molecular weight excluding hydrogens is 264 g/mol. The number of phenols is 1. The van der Waals surface area contributed by atoms with Crippen molar-refractivity contribution >= 4 is 17.7 Å². The van der Waals surface area contributed by atoms with Gasteiger partial charge in [0, 0.05) is 6.20 Å². The number of amides is 2. The van der Waals surface area contributed by atoms with Crippen LogP contribution in [0.15, 0.2) is 30.7 Å². The Morgan fingerprint density at radius 1 is 1.35 bits per heavy atom. The van der Waals surface area contributed by atoms with Gasteiger partial charge in [0.25, 0.3) is 0 Å². The van der Waals surface area contributed by atoms with Crippen LogP contribution in [0, 0.1) is 0 Å². The molecule has 8 nitrogen and oxygen atoms in total. The van der Waals surface area contributed by atoms with Crippen LogP contribution >= 0.6 is 0 Å². The first-order valence-electron chi connectivity index (χ1n) is 5.65. The largest absolute Gasteiger partial charge is 0.505 e. The van der Waals surface area contributed by atoms with E-state index >= 15 is 0 Å². The number of nitrogens with one attached hydrogen (secondary N) is 3. The first kappa shape index (κ1) is 13.4. The van der Waals surface area contributed by atoms with Gasteiger partial charge in [-0.1, -0.05) is 6.07 Å². The van der Waals surface area contributed by atoms with E-state index in [9.17, 15) is 14.7 Å². The number of carbonyl (C=O) groups is 2. The van der Waals surface area contributed by atoms with E-state index in [0.717, 1.165) is 0 Å². The molecule has 0 spiro atoms. The highest BCUT2D eigenvalue weighted by atomic mass is 16.4. The van der Waals surface area contributed by atoms with E-state index in [-0.39, 0.29) is 17.8 Å². The summed E-state index contributed by atoms with van der Waals surface area (Å²) >= 11 is 0. The molecule has 0 aliphatic carbocycles. The van der Waals surface area contributed by atoms with Crippen molar-refractivity contribution in [2.45, 2.75) is 6.54 Å². The lowest BCUT2D eigenvalue weighted by Gasteiger charge is -2.09. The highest BCUT2D eigenvalue weighted by Gasteiger charge is 2.14. The Balaban J connectivity index is 2.01. The van der Waals surface area contributed by atoms with E-state index < -0.39 is 17.7 Å². The van der Waals surface area contributed by atoms with Crippen molar-refractivity contribution in [3.05, 3.63) is 42.0 Å². The molecule has 104 valence electrons. The van der Waals surface area contributed by atoms with Gasteiger partial charge in [-0.05, 0) is 12.1 Å². The molecule has 1 aromatic heterocycles. The topological polar surface area (TPSA) is 127 Å². The van der Waals surface area contributed by atoms with E-state index in [1.54, 1.807) is 6.20 Å². The molecule has 8 heteroatoms. The number of anilines is 1. The highest BCUT2D eigenvalue weighted by Crippen LogP contribution is 2.27. The SMILES string of the molecule is O=C(NCc1cnc[nH]1)Nc1cccc(C(=O)O)c1O. The lowest BCUT2D eigenvalue weighted by atomic mass is 10.2. The Hall–Kier alpha value is -3.03. The van der Waals surface area contributed by atoms with E-state index in [0.29, 0.717) is 5.69 Å². The van der Waals surface area contributed by atoms with Crippen LogP contribution < -0.4 is 10.6 Å². The van der Waals surface area contributed by atoms with Crippen molar-refractivity contribution in [1.29, 1.82) is 0 Å². The molecule has 5 N–H and O–H groups in total. The zero-order chi connectivity index (χ0) is 14.5. The van der Waals surface area contributed by atoms with Crippen molar-refractivity contribution < 1.29 is 19.8 Å². The number of carboxylic acids is 1. The first-order chi connectivity index (χ1) is 9.58. The van der Waals surface area contributed by atoms with E-state index in [4.69, 9.17) is 5.11 Å². The number of hydrogen-bond acceptors (Lipinski definition) is 4. The number of aromatic amines is 1. The monoisotopic (exact) mass is 276 g/mol. The summed E-state index contributed by atoms with van der Waals surface area (Å²) in [4.78, 5) is 29.1. The molecule has 0 radical (unpaired) electrons. The van der Waals surface area contributed by atoms with Crippen LogP contribution in [-0.2, 0) is 6.54 Å². The van der Waals surface area contributed by atoms with Crippen molar-refractivity contribution in [2.75, 3.05) is 5.32 Å². The van der Waals surface area contributed by atoms with Crippen molar-refractivity contribution in [2.24, 2.45) is 0 Å². The Labute approximate surface area is 113 Å². The lowest BCUT2D eigenvalue weighted by molar-refractivity contribution is 0.0693. The third kappa shape index (κ3) is 3.05. The van der Waals surface area contributed by atoms with Gasteiger partial charge < -0.3 is 25.8 Å². The summed E-state index contributed by atoms with van der Waals surface area (Å²) < 4.78 is 0. The maximum absolute atomic E-state index is 11.6. The summed E-state index contributed by atoms with van der Waals surface area (Å²) in [5.74, 6) is -1.76. The Morgan fingerprint density at radius 2 is 2.15 bits per heavy atom. The summed E-state index contributed by atoms with van der Waals surface area (Å²) in [6.07, 6.45) is 3.04. The van der Waals surface area contributed by atoms with Crippen LogP contribution in [0.4, 0.5) is 10.5 Å². The third-order valence-electron chi connectivity index (χ3n) is 2.51. The van der Waals surface area contributed by atoms with Gasteiger partial charge in [-0.3, -0.25) is 0 Å². The number of imidazole rings is 1. The normalized spacial score (nSPS) is 10.0. The number of H-pyrrole nitrogens is 1. The van der Waals surface area contributed by atoms with Gasteiger partial charge in [-0.15, -0.1) is 0 Å². The maximum Gasteiger partial charge on any atom is 0.339 e. The number of aromatic nitrogens is 2. The van der Waals surface area contributed by atoms with E-state index in [1.807, 2.05) is 0 Å². The predicted molar refractivity (Wildman–Crippen MR) is 69.5 cm³/mol. The number of urea groups is 1. The third-order valence-corrected chi connectivity index (χ3v) is 2.51. The Kier molecular flexibility index (Phi) is 3.85. The fourth-order valence-electron chi connectivity index (χ4n) is 1.54. The number of carboxylic acid groups (broad SMARTS) is 1. The summed E-state index contributed by atoms with van der Waals surface area (Å²) in [6.45, 7) is 0.227. The molecular formula is C12H12N4O4. The Bertz CT molecular complexity index is 624. The minimum absolute atomic E-state index is 0.0204. The number of nitrogens with zero attached hydrogens (tertiary/aromatic N) is 1. The molecule has 0 saturated heterocycles. The van der Waals surface area contributed by atoms with Crippen molar-refractivity contribution in [1.82, 2.24) is 15.3 Å². The van der Waals surface area contributed by atoms with Crippen LogP contribution in [0.2, 0.25) is 0 Å². The number of para-hydroxylation sites is 1. The smallest absolute Gasteiger partial charge is 0.339 e. The molecule has 0 aliphatic rings. The number of carbonyl (C=O) groups excluding carboxylic acids is 1. The van der Waals surface area contributed by atoms with Crippen LogP contribution in [0.25, 0.3) is 0 Å². The summed E-state index contributed by atoms with van der Waals surface area (Å²) in [6, 6.07) is 3.49.